The van der Waals surface area contributed by atoms with Crippen molar-refractivity contribution in [1.29, 1.82) is 0 Å². The van der Waals surface area contributed by atoms with E-state index in [0.717, 1.165) is 4.47 Å². The first-order chi connectivity index (χ1) is 11.5. The molecule has 0 bridgehead atoms. The van der Waals surface area contributed by atoms with Gasteiger partial charge < -0.3 is 9.84 Å². The molecule has 2 rings (SSSR count). The van der Waals surface area contributed by atoms with Gasteiger partial charge in [0.25, 0.3) is 5.91 Å². The Balaban J connectivity index is 2.13. The number of nitrogens with one attached hydrogen (secondary N) is 1. The van der Waals surface area contributed by atoms with Crippen LogP contribution >= 0.6 is 31.9 Å². The van der Waals surface area contributed by atoms with E-state index in [1.54, 1.807) is 18.2 Å². The van der Waals surface area contributed by atoms with E-state index < -0.39 is 5.91 Å². The molecule has 5 nitrogen and oxygen atoms in total. The van der Waals surface area contributed by atoms with E-state index in [1.165, 1.54) is 18.3 Å². The minimum Gasteiger partial charge on any atom is -0.507 e. The van der Waals surface area contributed by atoms with E-state index in [2.05, 4.69) is 49.0 Å². The van der Waals surface area contributed by atoms with Gasteiger partial charge in [0.1, 0.15) is 18.1 Å². The van der Waals surface area contributed by atoms with Gasteiger partial charge in [0.2, 0.25) is 0 Å². The number of benzene rings is 2. The summed E-state index contributed by atoms with van der Waals surface area (Å²) in [5, 5.41) is 13.7. The van der Waals surface area contributed by atoms with Crippen molar-refractivity contribution < 1.29 is 14.6 Å². The predicted molar refractivity (Wildman–Crippen MR) is 101 cm³/mol. The van der Waals surface area contributed by atoms with Crippen LogP contribution in [0.3, 0.4) is 0 Å². The minimum absolute atomic E-state index is 0.122. The maximum absolute atomic E-state index is 12.1. The average Bonchev–Trinajstić information content (AvgIpc) is 2.56. The number of amides is 1. The Kier molecular flexibility index (Phi) is 6.57. The molecule has 0 saturated heterocycles. The van der Waals surface area contributed by atoms with E-state index in [1.807, 2.05) is 12.1 Å². The van der Waals surface area contributed by atoms with Crippen molar-refractivity contribution in [1.82, 2.24) is 5.43 Å². The number of halogens is 2. The highest BCUT2D eigenvalue weighted by atomic mass is 79.9. The summed E-state index contributed by atoms with van der Waals surface area (Å²) < 4.78 is 7.06. The Morgan fingerprint density at radius 3 is 2.71 bits per heavy atom. The van der Waals surface area contributed by atoms with Gasteiger partial charge in [-0.25, -0.2) is 5.43 Å². The lowest BCUT2D eigenvalue weighted by Crippen LogP contribution is -2.17. The van der Waals surface area contributed by atoms with E-state index >= 15 is 0 Å². The molecule has 7 heteroatoms. The highest BCUT2D eigenvalue weighted by Crippen LogP contribution is 2.23. The average molecular weight is 454 g/mol. The van der Waals surface area contributed by atoms with Crippen LogP contribution in [0.1, 0.15) is 15.9 Å². The third-order valence-corrected chi connectivity index (χ3v) is 3.89. The molecular weight excluding hydrogens is 440 g/mol. The van der Waals surface area contributed by atoms with Gasteiger partial charge in [-0.1, -0.05) is 44.5 Å². The summed E-state index contributed by atoms with van der Waals surface area (Å²) >= 11 is 6.63. The molecule has 0 aliphatic heterocycles. The number of hydrazone groups is 1. The van der Waals surface area contributed by atoms with Crippen LogP contribution in [0.15, 0.2) is 63.1 Å². The van der Waals surface area contributed by atoms with Crippen molar-refractivity contribution in [2.45, 2.75) is 0 Å². The second-order valence-corrected chi connectivity index (χ2v) is 6.47. The summed E-state index contributed by atoms with van der Waals surface area (Å²) in [5.74, 6) is -0.0293. The fourth-order valence-electron chi connectivity index (χ4n) is 1.81. The van der Waals surface area contributed by atoms with Crippen molar-refractivity contribution in [3.63, 3.8) is 0 Å². The second kappa shape index (κ2) is 8.65. The molecule has 0 aliphatic rings. The number of ether oxygens (including phenoxy) is 1. The van der Waals surface area contributed by atoms with Crippen LogP contribution in [0.5, 0.6) is 11.5 Å². The second-order valence-electron chi connectivity index (χ2n) is 4.64. The molecule has 24 heavy (non-hydrogen) atoms. The number of carbonyl (C=O) groups excluding carboxylic acids is 1. The number of phenolic OH excluding ortho intramolecular Hbond substituents is 1. The third-order valence-electron chi connectivity index (χ3n) is 2.90. The number of hydrogen-bond acceptors (Lipinski definition) is 4. The van der Waals surface area contributed by atoms with Crippen molar-refractivity contribution in [2.75, 3.05) is 6.61 Å². The van der Waals surface area contributed by atoms with Gasteiger partial charge in [-0.3, -0.25) is 4.79 Å². The molecule has 2 aromatic rings. The van der Waals surface area contributed by atoms with Gasteiger partial charge in [-0.15, -0.1) is 0 Å². The Bertz CT molecular complexity index is 791. The summed E-state index contributed by atoms with van der Waals surface area (Å²) in [6.45, 7) is 3.97. The normalized spacial score (nSPS) is 10.6. The predicted octanol–water partition coefficient (Wildman–Crippen LogP) is 4.25. The highest BCUT2D eigenvalue weighted by Gasteiger charge is 2.10. The van der Waals surface area contributed by atoms with Gasteiger partial charge in [0.15, 0.2) is 0 Å². The van der Waals surface area contributed by atoms with Gasteiger partial charge in [-0.05, 0) is 36.4 Å². The molecule has 0 unspecified atom stereocenters. The standard InChI is InChI=1S/C17H14Br2N2O3/c1-2-7-24-16-6-4-12(18)8-11(16)10-20-21-17(23)14-9-13(19)3-5-15(14)22/h2-6,8-10,22H,1,7H2,(H,21,23)/b20-10+. The zero-order valence-corrected chi connectivity index (χ0v) is 15.7. The summed E-state index contributed by atoms with van der Waals surface area (Å²) in [7, 11) is 0. The van der Waals surface area contributed by atoms with Crippen LogP contribution in [0.2, 0.25) is 0 Å². The highest BCUT2D eigenvalue weighted by molar-refractivity contribution is 9.10. The fraction of sp³-hybridized carbons (Fsp3) is 0.0588. The summed E-state index contributed by atoms with van der Waals surface area (Å²) in [6.07, 6.45) is 3.11. The van der Waals surface area contributed by atoms with E-state index in [4.69, 9.17) is 4.74 Å². The Morgan fingerprint density at radius 2 is 1.96 bits per heavy atom. The largest absolute Gasteiger partial charge is 0.507 e. The lowest BCUT2D eigenvalue weighted by molar-refractivity contribution is 0.0952. The number of rotatable bonds is 6. The summed E-state index contributed by atoms with van der Waals surface area (Å²) in [4.78, 5) is 12.1. The summed E-state index contributed by atoms with van der Waals surface area (Å²) in [6, 6.07) is 10.0. The van der Waals surface area contributed by atoms with Gasteiger partial charge in [0, 0.05) is 14.5 Å². The molecule has 0 aromatic heterocycles. The van der Waals surface area contributed by atoms with Crippen LogP contribution in [-0.4, -0.2) is 23.8 Å². The summed E-state index contributed by atoms with van der Waals surface area (Å²) in [5.41, 5.74) is 3.19. The van der Waals surface area contributed by atoms with Crippen molar-refractivity contribution in [3.05, 3.63) is 69.1 Å². The quantitative estimate of drug-likeness (QED) is 0.390. The lowest BCUT2D eigenvalue weighted by atomic mass is 10.2. The van der Waals surface area contributed by atoms with Crippen LogP contribution in [0, 0.1) is 0 Å². The molecule has 0 spiro atoms. The molecular formula is C17H14Br2N2O3. The van der Waals surface area contributed by atoms with Crippen molar-refractivity contribution in [2.24, 2.45) is 5.10 Å². The lowest BCUT2D eigenvalue weighted by Gasteiger charge is -2.07. The Morgan fingerprint density at radius 1 is 1.25 bits per heavy atom. The first kappa shape index (κ1) is 18.2. The SMILES string of the molecule is C=CCOc1ccc(Br)cc1/C=N/NC(=O)c1cc(Br)ccc1O. The first-order valence-electron chi connectivity index (χ1n) is 6.86. The molecule has 2 N–H and O–H groups in total. The zero-order chi connectivity index (χ0) is 17.5. The van der Waals surface area contributed by atoms with Crippen LogP contribution < -0.4 is 10.2 Å². The Hall–Kier alpha value is -2.12. The van der Waals surface area contributed by atoms with Crippen molar-refractivity contribution in [3.8, 4) is 11.5 Å². The van der Waals surface area contributed by atoms with Gasteiger partial charge in [-0.2, -0.15) is 5.10 Å². The van der Waals surface area contributed by atoms with Crippen LogP contribution in [-0.2, 0) is 0 Å². The maximum Gasteiger partial charge on any atom is 0.275 e. The van der Waals surface area contributed by atoms with E-state index in [0.29, 0.717) is 22.4 Å². The molecule has 0 aliphatic carbocycles. The third kappa shape index (κ3) is 4.94. The molecule has 0 atom stereocenters. The maximum atomic E-state index is 12.1. The molecule has 0 radical (unpaired) electrons. The molecule has 1 amide bonds. The van der Waals surface area contributed by atoms with Crippen LogP contribution in [0.4, 0.5) is 0 Å². The van der Waals surface area contributed by atoms with Gasteiger partial charge in [0.05, 0.1) is 11.8 Å². The molecule has 0 saturated carbocycles. The number of carbonyl (C=O) groups is 1. The minimum atomic E-state index is -0.520. The van der Waals surface area contributed by atoms with E-state index in [9.17, 15) is 9.90 Å². The van der Waals surface area contributed by atoms with Gasteiger partial charge >= 0.3 is 0 Å². The molecule has 0 heterocycles. The monoisotopic (exact) mass is 452 g/mol. The van der Waals surface area contributed by atoms with Crippen molar-refractivity contribution >= 4 is 44.0 Å². The molecule has 124 valence electrons. The fourth-order valence-corrected chi connectivity index (χ4v) is 2.55. The molecule has 2 aromatic carbocycles. The smallest absolute Gasteiger partial charge is 0.275 e. The van der Waals surface area contributed by atoms with E-state index in [-0.39, 0.29) is 11.3 Å². The topological polar surface area (TPSA) is 70.9 Å². The Labute approximate surface area is 156 Å². The number of nitrogens with zero attached hydrogens (tertiary/aromatic N) is 1. The molecule has 0 fully saturated rings. The van der Waals surface area contributed by atoms with Crippen LogP contribution in [0.25, 0.3) is 0 Å². The number of phenols is 1. The number of aromatic hydroxyl groups is 1. The first-order valence-corrected chi connectivity index (χ1v) is 8.45. The number of hydrogen-bond donors (Lipinski definition) is 2. The zero-order valence-electron chi connectivity index (χ0n) is 12.5.